The van der Waals surface area contributed by atoms with Gasteiger partial charge >= 0.3 is 5.51 Å². The van der Waals surface area contributed by atoms with Gasteiger partial charge in [-0.3, -0.25) is 9.97 Å². The van der Waals surface area contributed by atoms with Gasteiger partial charge in [0.1, 0.15) is 0 Å². The maximum Gasteiger partial charge on any atom is 0.441 e. The van der Waals surface area contributed by atoms with Crippen LogP contribution in [-0.2, 0) is 0 Å². The fourth-order valence-electron chi connectivity index (χ4n) is 1.38. The summed E-state index contributed by atoms with van der Waals surface area (Å²) >= 11 is -0.0236. The van der Waals surface area contributed by atoms with Crippen molar-refractivity contribution in [1.82, 2.24) is 15.3 Å². The Morgan fingerprint density at radius 3 is 2.59 bits per heavy atom. The lowest BCUT2D eigenvalue weighted by Crippen LogP contribution is -2.24. The number of nitrogens with zero attached hydrogens (tertiary/aromatic N) is 2. The predicted octanol–water partition coefficient (Wildman–Crippen LogP) is 2.69. The smallest absolute Gasteiger partial charge is 0.308 e. The highest BCUT2D eigenvalue weighted by atomic mass is 32.2. The summed E-state index contributed by atoms with van der Waals surface area (Å²) in [4.78, 5) is 8.23. The van der Waals surface area contributed by atoms with Gasteiger partial charge in [0.15, 0.2) is 0 Å². The van der Waals surface area contributed by atoms with Gasteiger partial charge in [-0.25, -0.2) is 0 Å². The van der Waals surface area contributed by atoms with E-state index in [4.69, 9.17) is 0 Å². The topological polar surface area (TPSA) is 37.8 Å². The minimum absolute atomic E-state index is 0.00680. The van der Waals surface area contributed by atoms with Crippen LogP contribution in [0.5, 0.6) is 0 Å². The molecular weight excluding hydrogens is 251 g/mol. The Labute approximate surface area is 102 Å². The summed E-state index contributed by atoms with van der Waals surface area (Å²) in [6.07, 6.45) is 3.16. The van der Waals surface area contributed by atoms with Gasteiger partial charge < -0.3 is 5.32 Å². The van der Waals surface area contributed by atoms with E-state index in [-0.39, 0.29) is 30.1 Å². The zero-order chi connectivity index (χ0) is 12.9. The lowest BCUT2D eigenvalue weighted by Gasteiger charge is -2.14. The lowest BCUT2D eigenvalue weighted by molar-refractivity contribution is -0.0327. The van der Waals surface area contributed by atoms with E-state index in [0.29, 0.717) is 0 Å². The van der Waals surface area contributed by atoms with Crippen LogP contribution in [0.4, 0.5) is 13.2 Å². The van der Waals surface area contributed by atoms with Gasteiger partial charge in [-0.1, -0.05) is 0 Å². The number of thioether (sulfide) groups is 1. The lowest BCUT2D eigenvalue weighted by atomic mass is 10.2. The van der Waals surface area contributed by atoms with Gasteiger partial charge in [0.05, 0.1) is 11.4 Å². The summed E-state index contributed by atoms with van der Waals surface area (Å²) in [5.74, 6) is -0.00680. The second-order valence-corrected chi connectivity index (χ2v) is 4.66. The minimum atomic E-state index is -4.16. The van der Waals surface area contributed by atoms with Crippen LogP contribution < -0.4 is 5.32 Å². The van der Waals surface area contributed by atoms with Crippen molar-refractivity contribution < 1.29 is 13.2 Å². The third kappa shape index (κ3) is 5.36. The fourth-order valence-corrected chi connectivity index (χ4v) is 1.83. The minimum Gasteiger partial charge on any atom is -0.308 e. The van der Waals surface area contributed by atoms with Crippen molar-refractivity contribution >= 4 is 11.8 Å². The highest BCUT2D eigenvalue weighted by Crippen LogP contribution is 2.29. The van der Waals surface area contributed by atoms with Crippen LogP contribution >= 0.6 is 11.8 Å². The molecule has 1 aromatic heterocycles. The van der Waals surface area contributed by atoms with Gasteiger partial charge in [-0.05, 0) is 25.6 Å². The van der Waals surface area contributed by atoms with Crippen LogP contribution in [0.1, 0.15) is 24.4 Å². The van der Waals surface area contributed by atoms with Crippen LogP contribution in [-0.4, -0.2) is 27.8 Å². The van der Waals surface area contributed by atoms with Crippen molar-refractivity contribution in [2.75, 3.05) is 12.3 Å². The third-order valence-corrected chi connectivity index (χ3v) is 2.88. The number of halogens is 3. The van der Waals surface area contributed by atoms with Crippen molar-refractivity contribution in [2.45, 2.75) is 25.4 Å². The number of rotatable bonds is 5. The van der Waals surface area contributed by atoms with Crippen LogP contribution in [0.25, 0.3) is 0 Å². The summed E-state index contributed by atoms with van der Waals surface area (Å²) < 4.78 is 35.6. The molecular formula is C10H14F3N3S. The summed E-state index contributed by atoms with van der Waals surface area (Å²) in [5, 5.41) is 2.99. The van der Waals surface area contributed by atoms with Crippen molar-refractivity contribution in [3.05, 3.63) is 23.8 Å². The SMILES string of the molecule is Cc1nccnc1C(C)NCCSC(F)(F)F. The standard InChI is InChI=1S/C10H14F3N3S/c1-7-9(16-4-3-14-7)8(2)15-5-6-17-10(11,12)13/h3-4,8,15H,5-6H2,1-2H3. The first kappa shape index (κ1) is 14.2. The predicted molar refractivity (Wildman–Crippen MR) is 61.7 cm³/mol. The second kappa shape index (κ2) is 6.20. The van der Waals surface area contributed by atoms with E-state index in [1.54, 1.807) is 12.4 Å². The van der Waals surface area contributed by atoms with E-state index in [0.717, 1.165) is 11.4 Å². The van der Waals surface area contributed by atoms with E-state index >= 15 is 0 Å². The molecule has 1 aromatic rings. The molecule has 0 aliphatic carbocycles. The van der Waals surface area contributed by atoms with E-state index in [9.17, 15) is 13.2 Å². The Morgan fingerprint density at radius 2 is 2.00 bits per heavy atom. The molecule has 1 rings (SSSR count). The van der Waals surface area contributed by atoms with E-state index < -0.39 is 5.51 Å². The molecule has 0 bridgehead atoms. The van der Waals surface area contributed by atoms with Crippen molar-refractivity contribution in [1.29, 1.82) is 0 Å². The molecule has 0 spiro atoms. The van der Waals surface area contributed by atoms with Gasteiger partial charge in [-0.15, -0.1) is 0 Å². The van der Waals surface area contributed by atoms with Gasteiger partial charge in [0.25, 0.3) is 0 Å². The number of hydrogen-bond donors (Lipinski definition) is 1. The second-order valence-electron chi connectivity index (χ2n) is 3.50. The first-order chi connectivity index (χ1) is 7.90. The Morgan fingerprint density at radius 1 is 1.35 bits per heavy atom. The molecule has 0 radical (unpaired) electrons. The molecule has 7 heteroatoms. The summed E-state index contributed by atoms with van der Waals surface area (Å²) in [5.41, 5.74) is -2.60. The average Bonchev–Trinajstić information content (AvgIpc) is 2.23. The number of hydrogen-bond acceptors (Lipinski definition) is 4. The number of alkyl halides is 3. The van der Waals surface area contributed by atoms with Crippen LogP contribution in [0.15, 0.2) is 12.4 Å². The maximum absolute atomic E-state index is 11.9. The number of aryl methyl sites for hydroxylation is 1. The quantitative estimate of drug-likeness (QED) is 0.831. The zero-order valence-electron chi connectivity index (χ0n) is 9.58. The Kier molecular flexibility index (Phi) is 5.20. The highest BCUT2D eigenvalue weighted by molar-refractivity contribution is 8.00. The molecule has 0 fully saturated rings. The Bertz CT molecular complexity index is 357. The Balaban J connectivity index is 2.36. The fraction of sp³-hybridized carbons (Fsp3) is 0.600. The largest absolute Gasteiger partial charge is 0.441 e. The molecule has 0 saturated carbocycles. The zero-order valence-corrected chi connectivity index (χ0v) is 10.4. The highest BCUT2D eigenvalue weighted by Gasteiger charge is 2.27. The van der Waals surface area contributed by atoms with E-state index in [1.807, 2.05) is 13.8 Å². The van der Waals surface area contributed by atoms with Gasteiger partial charge in [-0.2, -0.15) is 13.2 Å². The molecule has 0 aliphatic heterocycles. The van der Waals surface area contributed by atoms with Crippen molar-refractivity contribution in [2.24, 2.45) is 0 Å². The first-order valence-corrected chi connectivity index (χ1v) is 6.10. The molecule has 0 aromatic carbocycles. The summed E-state index contributed by atoms with van der Waals surface area (Å²) in [7, 11) is 0. The molecule has 1 heterocycles. The number of aromatic nitrogens is 2. The number of nitrogens with one attached hydrogen (secondary N) is 1. The van der Waals surface area contributed by atoms with Crippen molar-refractivity contribution in [3.8, 4) is 0 Å². The maximum atomic E-state index is 11.9. The molecule has 3 nitrogen and oxygen atoms in total. The summed E-state index contributed by atoms with van der Waals surface area (Å²) in [6.45, 7) is 3.96. The Hall–Kier alpha value is -0.820. The normalized spacial score (nSPS) is 13.7. The van der Waals surface area contributed by atoms with Crippen LogP contribution in [0.3, 0.4) is 0 Å². The average molecular weight is 265 g/mol. The molecule has 1 unspecified atom stereocenters. The van der Waals surface area contributed by atoms with Crippen molar-refractivity contribution in [3.63, 3.8) is 0 Å². The first-order valence-electron chi connectivity index (χ1n) is 5.11. The van der Waals surface area contributed by atoms with Gasteiger partial charge in [0, 0.05) is 30.7 Å². The van der Waals surface area contributed by atoms with Crippen LogP contribution in [0, 0.1) is 6.92 Å². The van der Waals surface area contributed by atoms with E-state index in [1.165, 1.54) is 0 Å². The molecule has 0 amide bonds. The van der Waals surface area contributed by atoms with Crippen LogP contribution in [0.2, 0.25) is 0 Å². The third-order valence-electron chi connectivity index (χ3n) is 2.15. The molecule has 0 aliphatic rings. The summed E-state index contributed by atoms with van der Waals surface area (Å²) in [6, 6.07) is -0.0995. The molecule has 1 atom stereocenters. The molecule has 96 valence electrons. The van der Waals surface area contributed by atoms with E-state index in [2.05, 4.69) is 15.3 Å². The van der Waals surface area contributed by atoms with Gasteiger partial charge in [0.2, 0.25) is 0 Å². The monoisotopic (exact) mass is 265 g/mol. The molecule has 17 heavy (non-hydrogen) atoms. The molecule has 0 saturated heterocycles. The molecule has 1 N–H and O–H groups in total.